The number of rotatable bonds is 2. The third-order valence-electron chi connectivity index (χ3n) is 1.67. The van der Waals surface area contributed by atoms with Crippen molar-refractivity contribution in [1.29, 1.82) is 5.39 Å². The molecule has 0 unspecified atom stereocenters. The van der Waals surface area contributed by atoms with Gasteiger partial charge in [-0.3, -0.25) is 9.11 Å². The summed E-state index contributed by atoms with van der Waals surface area (Å²) in [4.78, 5) is 0.204. The summed E-state index contributed by atoms with van der Waals surface area (Å²) in [5, 5.41) is 8.52. The van der Waals surface area contributed by atoms with Crippen LogP contribution < -0.4 is 0 Å². The lowest BCUT2D eigenvalue weighted by molar-refractivity contribution is 0.466. The molecule has 0 atom stereocenters. The van der Waals surface area contributed by atoms with Gasteiger partial charge in [0.15, 0.2) is 4.98 Å². The largest absolute Gasteiger partial charge is 0.407 e. The molecular weight excluding hydrogens is 340 g/mol. The van der Waals surface area contributed by atoms with Crippen LogP contribution >= 0.6 is 15.9 Å². The van der Waals surface area contributed by atoms with Gasteiger partial charge in [-0.2, -0.15) is 16.8 Å². The maximum Gasteiger partial charge on any atom is 0.407 e. The minimum absolute atomic E-state index is 0.306. The average molecular weight is 344 g/mol. The van der Waals surface area contributed by atoms with Crippen molar-refractivity contribution in [3.8, 4) is 0 Å². The Labute approximate surface area is 105 Å². The molecule has 0 saturated carbocycles. The average Bonchev–Trinajstić information content (AvgIpc) is 2.13. The van der Waals surface area contributed by atoms with E-state index < -0.39 is 35.7 Å². The summed E-state index contributed by atoms with van der Waals surface area (Å²) in [5.74, 6) is 0. The lowest BCUT2D eigenvalue weighted by Crippen LogP contribution is -2.09. The molecule has 0 fully saturated rings. The van der Waals surface area contributed by atoms with Crippen LogP contribution in [0.4, 0.5) is 5.69 Å². The summed E-state index contributed by atoms with van der Waals surface area (Å²) in [6, 6.07) is 1.97. The topological polar surface area (TPSA) is 137 Å². The van der Waals surface area contributed by atoms with Crippen molar-refractivity contribution in [1.82, 2.24) is 0 Å². The van der Waals surface area contributed by atoms with Crippen molar-refractivity contribution < 1.29 is 25.9 Å². The van der Waals surface area contributed by atoms with Crippen molar-refractivity contribution in [2.75, 3.05) is 0 Å². The van der Waals surface area contributed by atoms with Crippen molar-refractivity contribution in [3.05, 3.63) is 21.6 Å². The fraction of sp³-hybridized carbons (Fsp3) is 0. The number of diazo groups is 1. The lowest BCUT2D eigenvalue weighted by atomic mass is 10.3. The van der Waals surface area contributed by atoms with Crippen LogP contribution in [0.3, 0.4) is 0 Å². The van der Waals surface area contributed by atoms with E-state index in [9.17, 15) is 16.8 Å². The molecule has 0 aliphatic carbocycles. The van der Waals surface area contributed by atoms with Gasteiger partial charge in [0.1, 0.15) is 4.90 Å². The maximum absolute atomic E-state index is 11.0. The molecular formula is C6H4BrN2O6S2+. The number of nitrogens with zero attached hydrogens (tertiary/aromatic N) is 2. The molecule has 1 rings (SSSR count). The first-order chi connectivity index (χ1) is 7.59. The first-order valence-electron chi connectivity index (χ1n) is 3.71. The van der Waals surface area contributed by atoms with E-state index in [0.717, 1.165) is 12.1 Å². The fourth-order valence-electron chi connectivity index (χ4n) is 1.10. The normalized spacial score (nSPS) is 12.1. The summed E-state index contributed by atoms with van der Waals surface area (Å²) in [5.41, 5.74) is -0.719. The van der Waals surface area contributed by atoms with E-state index in [1.165, 1.54) is 0 Å². The van der Waals surface area contributed by atoms with Gasteiger partial charge in [-0.05, 0) is 22.0 Å². The minimum Gasteiger partial charge on any atom is -0.282 e. The Balaban J connectivity index is 4.03. The zero-order chi connectivity index (χ0) is 13.4. The Morgan fingerprint density at radius 3 is 1.88 bits per heavy atom. The monoisotopic (exact) mass is 343 g/mol. The predicted octanol–water partition coefficient (Wildman–Crippen LogP) is 1.43. The third-order valence-corrected chi connectivity index (χ3v) is 4.59. The van der Waals surface area contributed by atoms with Gasteiger partial charge in [0.25, 0.3) is 10.1 Å². The molecule has 0 spiro atoms. The molecule has 11 heteroatoms. The Morgan fingerprint density at radius 2 is 1.53 bits per heavy atom. The predicted molar refractivity (Wildman–Crippen MR) is 58.5 cm³/mol. The summed E-state index contributed by atoms with van der Waals surface area (Å²) in [7, 11) is -9.94. The standard InChI is InChI=1S/C6H3BrN2O6S2/c7-3-1-2-4(9-8)6(17(13,14)15)5(3)16(10,11)12/h1-2H,(H-,10,11,12,13,14,15)/p+1. The summed E-state index contributed by atoms with van der Waals surface area (Å²) < 4.78 is 61.5. The van der Waals surface area contributed by atoms with E-state index in [0.29, 0.717) is 0 Å². The van der Waals surface area contributed by atoms with Crippen LogP contribution in [0, 0.1) is 5.39 Å². The quantitative estimate of drug-likeness (QED) is 0.611. The Morgan fingerprint density at radius 1 is 1.06 bits per heavy atom. The molecule has 0 saturated heterocycles. The first-order valence-corrected chi connectivity index (χ1v) is 7.39. The van der Waals surface area contributed by atoms with Crippen LogP contribution in [0.25, 0.3) is 4.98 Å². The molecule has 17 heavy (non-hydrogen) atoms. The Kier molecular flexibility index (Phi) is 3.55. The molecule has 0 aliphatic heterocycles. The van der Waals surface area contributed by atoms with Crippen LogP contribution in [0.2, 0.25) is 0 Å². The van der Waals surface area contributed by atoms with Crippen LogP contribution in [0.1, 0.15) is 0 Å². The van der Waals surface area contributed by atoms with Gasteiger partial charge in [0.2, 0.25) is 10.3 Å². The molecule has 1 aromatic carbocycles. The van der Waals surface area contributed by atoms with E-state index in [1.807, 2.05) is 0 Å². The van der Waals surface area contributed by atoms with Gasteiger partial charge >= 0.3 is 15.8 Å². The molecule has 0 amide bonds. The number of halogens is 1. The van der Waals surface area contributed by atoms with Crippen LogP contribution in [0.15, 0.2) is 26.4 Å². The molecule has 0 heterocycles. The van der Waals surface area contributed by atoms with E-state index in [1.54, 1.807) is 0 Å². The Bertz CT molecular complexity index is 718. The van der Waals surface area contributed by atoms with Crippen LogP contribution in [-0.4, -0.2) is 25.9 Å². The van der Waals surface area contributed by atoms with E-state index in [4.69, 9.17) is 14.5 Å². The first kappa shape index (κ1) is 14.0. The van der Waals surface area contributed by atoms with E-state index in [-0.39, 0.29) is 4.47 Å². The molecule has 2 N–H and O–H groups in total. The summed E-state index contributed by atoms with van der Waals surface area (Å²) in [6.07, 6.45) is 0. The highest BCUT2D eigenvalue weighted by Gasteiger charge is 2.35. The highest BCUT2D eigenvalue weighted by molar-refractivity contribution is 9.10. The molecule has 0 aromatic heterocycles. The van der Waals surface area contributed by atoms with Crippen LogP contribution in [-0.2, 0) is 20.2 Å². The van der Waals surface area contributed by atoms with Crippen molar-refractivity contribution in [2.45, 2.75) is 9.79 Å². The van der Waals surface area contributed by atoms with E-state index in [2.05, 4.69) is 20.9 Å². The summed E-state index contributed by atoms with van der Waals surface area (Å²) >= 11 is 2.70. The number of benzene rings is 1. The van der Waals surface area contributed by atoms with Gasteiger partial charge in [0, 0.05) is 10.5 Å². The second kappa shape index (κ2) is 4.31. The summed E-state index contributed by atoms with van der Waals surface area (Å²) in [6.45, 7) is 0. The van der Waals surface area contributed by atoms with Gasteiger partial charge in [-0.25, -0.2) is 0 Å². The lowest BCUT2D eigenvalue weighted by Gasteiger charge is -2.03. The number of hydrogen-bond donors (Lipinski definition) is 2. The van der Waals surface area contributed by atoms with Crippen molar-refractivity contribution in [2.24, 2.45) is 0 Å². The van der Waals surface area contributed by atoms with Gasteiger partial charge in [-0.1, -0.05) is 0 Å². The SMILES string of the molecule is N#[N+]c1ccc(Br)c(S(=O)(=O)O)c1S(=O)(=O)O. The number of hydrogen-bond acceptors (Lipinski definition) is 5. The fourth-order valence-corrected chi connectivity index (χ4v) is 4.17. The Hall–Kier alpha value is -1.06. The highest BCUT2D eigenvalue weighted by atomic mass is 79.9. The van der Waals surface area contributed by atoms with Gasteiger partial charge in [-0.15, -0.1) is 0 Å². The van der Waals surface area contributed by atoms with E-state index >= 15 is 0 Å². The smallest absolute Gasteiger partial charge is 0.282 e. The third kappa shape index (κ3) is 2.79. The van der Waals surface area contributed by atoms with Gasteiger partial charge < -0.3 is 0 Å². The molecule has 1 aromatic rings. The molecule has 8 nitrogen and oxygen atoms in total. The van der Waals surface area contributed by atoms with Crippen molar-refractivity contribution >= 4 is 41.9 Å². The zero-order valence-electron chi connectivity index (χ0n) is 7.77. The highest BCUT2D eigenvalue weighted by Crippen LogP contribution is 2.36. The molecule has 0 radical (unpaired) electrons. The maximum atomic E-state index is 11.0. The second-order valence-corrected chi connectivity index (χ2v) is 6.35. The molecule has 0 bridgehead atoms. The zero-order valence-corrected chi connectivity index (χ0v) is 11.0. The minimum atomic E-state index is -5.00. The van der Waals surface area contributed by atoms with Gasteiger partial charge in [0.05, 0.1) is 0 Å². The second-order valence-electron chi connectivity index (χ2n) is 2.77. The van der Waals surface area contributed by atoms with Crippen molar-refractivity contribution in [3.63, 3.8) is 0 Å². The molecule has 0 aliphatic rings. The molecule has 92 valence electrons. The van der Waals surface area contributed by atoms with Crippen LogP contribution in [0.5, 0.6) is 0 Å².